The minimum Gasteiger partial charge on any atom is -0.334 e. The molecule has 0 aliphatic rings. The van der Waals surface area contributed by atoms with Gasteiger partial charge in [0.15, 0.2) is 19.9 Å². The number of imidazole rings is 1. The Morgan fingerprint density at radius 3 is 2.45 bits per heavy atom. The van der Waals surface area contributed by atoms with Crippen LogP contribution in [-0.4, -0.2) is 37.6 Å². The quantitative estimate of drug-likeness (QED) is 0.859. The number of nitrogens with zero attached hydrogens (tertiary/aromatic N) is 3. The van der Waals surface area contributed by atoms with Crippen molar-refractivity contribution in [2.75, 3.05) is 11.0 Å². The van der Waals surface area contributed by atoms with Crippen LogP contribution in [0.1, 0.15) is 12.7 Å². The summed E-state index contributed by atoms with van der Waals surface area (Å²) < 4.78 is 51.5. The second-order valence-electron chi connectivity index (χ2n) is 4.67. The van der Waals surface area contributed by atoms with Gasteiger partial charge in [0.25, 0.3) is 10.0 Å². The topological polar surface area (TPSA) is 111 Å². The lowest BCUT2D eigenvalue weighted by Crippen LogP contribution is -2.14. The second-order valence-corrected chi connectivity index (χ2v) is 8.26. The molecule has 0 aliphatic carbocycles. The summed E-state index contributed by atoms with van der Waals surface area (Å²) in [5, 5.41) is -0.326. The average molecular weight is 344 g/mol. The molecule has 0 radical (unpaired) electrons. The molecule has 2 aromatic rings. The van der Waals surface area contributed by atoms with E-state index in [1.807, 2.05) is 6.92 Å². The number of hydrogen-bond donors (Lipinski definition) is 1. The summed E-state index contributed by atoms with van der Waals surface area (Å²) >= 11 is 0. The lowest BCUT2D eigenvalue weighted by atomic mass is 10.4. The summed E-state index contributed by atoms with van der Waals surface area (Å²) in [6, 6.07) is 2.53. The Bertz CT molecular complexity index is 901. The number of aryl methyl sites for hydroxylation is 2. The number of anilines is 1. The Kier molecular flexibility index (Phi) is 4.25. The number of sulfone groups is 1. The van der Waals surface area contributed by atoms with Crippen molar-refractivity contribution in [2.24, 2.45) is 0 Å². The molecule has 0 spiro atoms. The SMILES string of the molecule is CCn1cc(S(=O)(=O)Nc2ccnc(S(C)(=O)=O)c2)nc1C. The van der Waals surface area contributed by atoms with Gasteiger partial charge in [-0.25, -0.2) is 18.4 Å². The first-order valence-corrected chi connectivity index (χ1v) is 9.73. The molecule has 8 nitrogen and oxygen atoms in total. The van der Waals surface area contributed by atoms with E-state index in [1.54, 1.807) is 11.5 Å². The summed E-state index contributed by atoms with van der Waals surface area (Å²) in [5.41, 5.74) is 0.110. The molecule has 22 heavy (non-hydrogen) atoms. The highest BCUT2D eigenvalue weighted by Gasteiger charge is 2.20. The molecule has 0 saturated heterocycles. The van der Waals surface area contributed by atoms with Gasteiger partial charge in [-0.1, -0.05) is 0 Å². The van der Waals surface area contributed by atoms with Crippen molar-refractivity contribution in [3.63, 3.8) is 0 Å². The van der Waals surface area contributed by atoms with Gasteiger partial charge < -0.3 is 4.57 Å². The zero-order chi connectivity index (χ0) is 16.5. The van der Waals surface area contributed by atoms with Gasteiger partial charge >= 0.3 is 0 Å². The van der Waals surface area contributed by atoms with Crippen molar-refractivity contribution in [3.8, 4) is 0 Å². The van der Waals surface area contributed by atoms with Crippen molar-refractivity contribution in [3.05, 3.63) is 30.4 Å². The number of hydrogen-bond acceptors (Lipinski definition) is 6. The second kappa shape index (κ2) is 5.69. The zero-order valence-corrected chi connectivity index (χ0v) is 13.9. The summed E-state index contributed by atoms with van der Waals surface area (Å²) in [7, 11) is -7.41. The predicted octanol–water partition coefficient (Wildman–Crippen LogP) is 0.811. The van der Waals surface area contributed by atoms with Crippen LogP contribution >= 0.6 is 0 Å². The monoisotopic (exact) mass is 344 g/mol. The maximum Gasteiger partial charge on any atom is 0.280 e. The molecular weight excluding hydrogens is 328 g/mol. The summed E-state index contributed by atoms with van der Waals surface area (Å²) in [6.45, 7) is 4.18. The number of rotatable bonds is 5. The Hall–Kier alpha value is -1.94. The van der Waals surface area contributed by atoms with Crippen LogP contribution in [0.4, 0.5) is 5.69 Å². The lowest BCUT2D eigenvalue weighted by Gasteiger charge is -2.06. The Balaban J connectivity index is 2.36. The molecule has 2 rings (SSSR count). The van der Waals surface area contributed by atoms with E-state index < -0.39 is 19.9 Å². The highest BCUT2D eigenvalue weighted by molar-refractivity contribution is 7.92. The molecule has 0 saturated carbocycles. The van der Waals surface area contributed by atoms with Crippen molar-refractivity contribution in [1.29, 1.82) is 0 Å². The van der Waals surface area contributed by atoms with Crippen LogP contribution in [0.2, 0.25) is 0 Å². The Morgan fingerprint density at radius 1 is 1.23 bits per heavy atom. The third-order valence-corrected chi connectivity index (χ3v) is 5.17. The molecule has 0 unspecified atom stereocenters. The van der Waals surface area contributed by atoms with E-state index >= 15 is 0 Å². The third-order valence-electron chi connectivity index (χ3n) is 2.94. The van der Waals surface area contributed by atoms with Crippen molar-refractivity contribution >= 4 is 25.5 Å². The molecule has 0 aromatic carbocycles. The maximum absolute atomic E-state index is 12.3. The van der Waals surface area contributed by atoms with Crippen molar-refractivity contribution in [2.45, 2.75) is 30.4 Å². The molecular formula is C12H16N4O4S2. The van der Waals surface area contributed by atoms with Crippen LogP contribution in [0.5, 0.6) is 0 Å². The first-order chi connectivity index (χ1) is 10.1. The standard InChI is InChI=1S/C12H16N4O4S2/c1-4-16-8-12(14-9(16)2)22(19,20)15-10-5-6-13-11(7-10)21(3,17)18/h5-8H,4H2,1-3H3,(H,13,15). The summed E-state index contributed by atoms with van der Waals surface area (Å²) in [4.78, 5) is 7.70. The van der Waals surface area contributed by atoms with Crippen LogP contribution in [0.15, 0.2) is 34.6 Å². The fourth-order valence-electron chi connectivity index (χ4n) is 1.81. The first-order valence-electron chi connectivity index (χ1n) is 6.36. The van der Waals surface area contributed by atoms with E-state index in [0.717, 1.165) is 12.3 Å². The summed E-state index contributed by atoms with van der Waals surface area (Å²) in [6.07, 6.45) is 3.65. The van der Waals surface area contributed by atoms with E-state index in [2.05, 4.69) is 14.7 Å². The smallest absolute Gasteiger partial charge is 0.280 e. The molecule has 2 aromatic heterocycles. The molecule has 0 amide bonds. The molecule has 1 N–H and O–H groups in total. The lowest BCUT2D eigenvalue weighted by molar-refractivity contribution is 0.595. The van der Waals surface area contributed by atoms with Gasteiger partial charge in [0.05, 0.1) is 5.69 Å². The fourth-order valence-corrected chi connectivity index (χ4v) is 3.47. The van der Waals surface area contributed by atoms with E-state index in [0.29, 0.717) is 12.4 Å². The van der Waals surface area contributed by atoms with E-state index in [4.69, 9.17) is 0 Å². The van der Waals surface area contributed by atoms with Gasteiger partial charge in [-0.05, 0) is 26.0 Å². The van der Waals surface area contributed by atoms with Gasteiger partial charge in [-0.15, -0.1) is 0 Å². The Labute approximate surface area is 129 Å². The van der Waals surface area contributed by atoms with Crippen LogP contribution < -0.4 is 4.72 Å². The van der Waals surface area contributed by atoms with Crippen molar-refractivity contribution < 1.29 is 16.8 Å². The molecule has 0 bridgehead atoms. The summed E-state index contributed by atoms with van der Waals surface area (Å²) in [5.74, 6) is 0.578. The van der Waals surface area contributed by atoms with Gasteiger partial charge in [-0.2, -0.15) is 8.42 Å². The highest BCUT2D eigenvalue weighted by Crippen LogP contribution is 2.17. The largest absolute Gasteiger partial charge is 0.334 e. The molecule has 0 atom stereocenters. The molecule has 0 aliphatic heterocycles. The normalized spacial score (nSPS) is 12.3. The van der Waals surface area contributed by atoms with Gasteiger partial charge in [0.1, 0.15) is 5.82 Å². The van der Waals surface area contributed by atoms with Crippen LogP contribution in [0, 0.1) is 6.92 Å². The van der Waals surface area contributed by atoms with Gasteiger partial charge in [-0.3, -0.25) is 4.72 Å². The molecule has 2 heterocycles. The van der Waals surface area contributed by atoms with Crippen molar-refractivity contribution in [1.82, 2.24) is 14.5 Å². The minimum atomic E-state index is -3.89. The molecule has 10 heteroatoms. The molecule has 120 valence electrons. The fraction of sp³-hybridized carbons (Fsp3) is 0.333. The van der Waals surface area contributed by atoms with Crippen LogP contribution in [-0.2, 0) is 26.4 Å². The number of pyridine rings is 1. The highest BCUT2D eigenvalue weighted by atomic mass is 32.2. The minimum absolute atomic E-state index is 0.110. The van der Waals surface area contributed by atoms with Crippen LogP contribution in [0.25, 0.3) is 0 Å². The third kappa shape index (κ3) is 3.45. The van der Waals surface area contributed by atoms with E-state index in [-0.39, 0.29) is 15.7 Å². The van der Waals surface area contributed by atoms with Gasteiger partial charge in [0, 0.05) is 25.2 Å². The van der Waals surface area contributed by atoms with E-state index in [9.17, 15) is 16.8 Å². The number of aromatic nitrogens is 3. The van der Waals surface area contributed by atoms with Gasteiger partial charge in [0.2, 0.25) is 0 Å². The van der Waals surface area contributed by atoms with E-state index in [1.165, 1.54) is 18.5 Å². The average Bonchev–Trinajstić information content (AvgIpc) is 2.80. The zero-order valence-electron chi connectivity index (χ0n) is 12.3. The number of nitrogens with one attached hydrogen (secondary N) is 1. The number of sulfonamides is 1. The predicted molar refractivity (Wildman–Crippen MR) is 80.8 cm³/mol. The van der Waals surface area contributed by atoms with Crippen LogP contribution in [0.3, 0.4) is 0 Å². The maximum atomic E-state index is 12.3. The Morgan fingerprint density at radius 2 is 1.91 bits per heavy atom. The first kappa shape index (κ1) is 16.4. The molecule has 0 fully saturated rings.